The Kier molecular flexibility index (Phi) is 36.7. The van der Waals surface area contributed by atoms with Gasteiger partial charge in [-0.05, 0) is 77.0 Å². The Labute approximate surface area is 343 Å². The molecule has 0 aromatic rings. The summed E-state index contributed by atoms with van der Waals surface area (Å²) in [6.45, 7) is 4.24. The van der Waals surface area contributed by atoms with Crippen molar-refractivity contribution >= 4 is 19.8 Å². The van der Waals surface area contributed by atoms with Crippen molar-refractivity contribution in [1.82, 2.24) is 0 Å². The van der Waals surface area contributed by atoms with Crippen LogP contribution in [0.25, 0.3) is 0 Å². The van der Waals surface area contributed by atoms with Gasteiger partial charge in [0, 0.05) is 12.8 Å². The van der Waals surface area contributed by atoms with Gasteiger partial charge in [0.05, 0.1) is 27.7 Å². The molecule has 324 valence electrons. The summed E-state index contributed by atoms with van der Waals surface area (Å²) in [4.78, 5) is 35.4. The molecule has 0 aromatic carbocycles. The maximum absolute atomic E-state index is 12.7. The van der Waals surface area contributed by atoms with Gasteiger partial charge in [-0.25, -0.2) is 4.57 Å². The van der Waals surface area contributed by atoms with Crippen LogP contribution in [0.15, 0.2) is 60.8 Å². The van der Waals surface area contributed by atoms with Gasteiger partial charge in [-0.3, -0.25) is 18.6 Å². The number of phosphoric acid groups is 1. The van der Waals surface area contributed by atoms with Crippen LogP contribution in [0.1, 0.15) is 168 Å². The molecule has 1 N–H and O–H groups in total. The van der Waals surface area contributed by atoms with E-state index in [0.717, 1.165) is 89.9 Å². The van der Waals surface area contributed by atoms with E-state index < -0.39 is 26.5 Å². The number of likely N-dealkylation sites (N-methyl/N-ethyl adjacent to an activating group) is 1. The molecule has 56 heavy (non-hydrogen) atoms. The quantitative estimate of drug-likeness (QED) is 0.0215. The number of unbranched alkanes of at least 4 members (excludes halogenated alkanes) is 15. The number of rotatable bonds is 39. The number of carbonyl (C=O) groups is 2. The summed E-state index contributed by atoms with van der Waals surface area (Å²) in [6.07, 6.45) is 45.5. The molecule has 9 nitrogen and oxygen atoms in total. The van der Waals surface area contributed by atoms with Crippen LogP contribution in [0.4, 0.5) is 0 Å². The topological polar surface area (TPSA) is 108 Å². The first-order chi connectivity index (χ1) is 27.0. The number of nitrogens with zero attached hydrogens (tertiary/aromatic N) is 1. The number of ether oxygens (including phenoxy) is 2. The first kappa shape index (κ1) is 53.7. The van der Waals surface area contributed by atoms with E-state index in [-0.39, 0.29) is 32.0 Å². The molecule has 0 saturated heterocycles. The van der Waals surface area contributed by atoms with Crippen molar-refractivity contribution in [2.24, 2.45) is 0 Å². The van der Waals surface area contributed by atoms with Gasteiger partial charge >= 0.3 is 19.8 Å². The van der Waals surface area contributed by atoms with Gasteiger partial charge in [-0.1, -0.05) is 139 Å². The summed E-state index contributed by atoms with van der Waals surface area (Å²) in [5.74, 6) is -0.831. The lowest BCUT2D eigenvalue weighted by atomic mass is 10.1. The number of hydrogen-bond acceptors (Lipinski definition) is 7. The van der Waals surface area contributed by atoms with Crippen LogP contribution in [0.2, 0.25) is 0 Å². The van der Waals surface area contributed by atoms with Crippen LogP contribution in [-0.4, -0.2) is 74.9 Å². The van der Waals surface area contributed by atoms with E-state index in [9.17, 15) is 19.0 Å². The minimum absolute atomic E-state index is 0.0241. The minimum Gasteiger partial charge on any atom is -0.462 e. The molecular weight excluding hydrogens is 725 g/mol. The zero-order valence-corrected chi connectivity index (χ0v) is 37.2. The van der Waals surface area contributed by atoms with E-state index in [2.05, 4.69) is 74.6 Å². The second-order valence-electron chi connectivity index (χ2n) is 15.7. The molecular formula is C46H83NO8P+. The van der Waals surface area contributed by atoms with Gasteiger partial charge in [0.25, 0.3) is 0 Å². The predicted octanol–water partition coefficient (Wildman–Crippen LogP) is 12.5. The molecule has 0 aliphatic heterocycles. The Balaban J connectivity index is 4.40. The summed E-state index contributed by atoms with van der Waals surface area (Å²) in [5.41, 5.74) is 0. The molecule has 10 heteroatoms. The molecule has 0 radical (unpaired) electrons. The summed E-state index contributed by atoms with van der Waals surface area (Å²) in [7, 11) is 1.45. The second kappa shape index (κ2) is 38.2. The van der Waals surface area contributed by atoms with Crippen molar-refractivity contribution in [2.75, 3.05) is 47.5 Å². The molecule has 2 atom stereocenters. The van der Waals surface area contributed by atoms with Crippen LogP contribution in [0.3, 0.4) is 0 Å². The molecule has 0 aliphatic carbocycles. The molecule has 0 spiro atoms. The highest BCUT2D eigenvalue weighted by Crippen LogP contribution is 2.43. The van der Waals surface area contributed by atoms with Gasteiger partial charge in [-0.2, -0.15) is 0 Å². The number of carbonyl (C=O) groups excluding carboxylic acids is 2. The van der Waals surface area contributed by atoms with Crippen molar-refractivity contribution in [2.45, 2.75) is 174 Å². The third kappa shape index (κ3) is 41.3. The third-order valence-corrected chi connectivity index (χ3v) is 10.0. The van der Waals surface area contributed by atoms with Gasteiger partial charge < -0.3 is 18.9 Å². The Hall–Kier alpha value is -2.29. The first-order valence-electron chi connectivity index (χ1n) is 22.0. The Bertz CT molecular complexity index is 1140. The lowest BCUT2D eigenvalue weighted by molar-refractivity contribution is -0.870. The molecule has 0 aliphatic rings. The Morgan fingerprint density at radius 1 is 0.571 bits per heavy atom. The summed E-state index contributed by atoms with van der Waals surface area (Å²) in [6, 6.07) is 0. The standard InChI is InChI=1S/C46H82NO8P/c1-6-8-10-12-14-16-18-20-22-23-25-26-28-30-32-34-36-38-45(48)52-42-44(43-54-56(50,51)53-41-40-47(3,4)5)55-46(49)39-37-35-33-31-29-27-24-21-19-17-15-13-11-9-7-2/h9,11,14-17,20-22,24,44H,6-8,10,12-13,18-19,23,25-43H2,1-5H3/p+1/b11-9+,16-14+,17-15+,22-20+,24-21+/t44-/m1/s1. The second-order valence-corrected chi connectivity index (χ2v) is 17.1. The largest absolute Gasteiger partial charge is 0.472 e. The van der Waals surface area contributed by atoms with E-state index >= 15 is 0 Å². The predicted molar refractivity (Wildman–Crippen MR) is 233 cm³/mol. The van der Waals surface area contributed by atoms with E-state index in [0.29, 0.717) is 17.4 Å². The molecule has 0 rings (SSSR count). The molecule has 0 saturated carbocycles. The van der Waals surface area contributed by atoms with Crippen LogP contribution < -0.4 is 0 Å². The fraction of sp³-hybridized carbons (Fsp3) is 0.739. The highest BCUT2D eigenvalue weighted by Gasteiger charge is 2.27. The van der Waals surface area contributed by atoms with E-state index in [1.54, 1.807) is 0 Å². The van der Waals surface area contributed by atoms with E-state index in [1.165, 1.54) is 44.9 Å². The summed E-state index contributed by atoms with van der Waals surface area (Å²) >= 11 is 0. The maximum atomic E-state index is 12.7. The van der Waals surface area contributed by atoms with Crippen LogP contribution >= 0.6 is 7.82 Å². The molecule has 0 bridgehead atoms. The lowest BCUT2D eigenvalue weighted by Gasteiger charge is -2.24. The Morgan fingerprint density at radius 2 is 1.02 bits per heavy atom. The van der Waals surface area contributed by atoms with Crippen molar-refractivity contribution in [3.8, 4) is 0 Å². The minimum atomic E-state index is -4.38. The Morgan fingerprint density at radius 3 is 1.52 bits per heavy atom. The number of allylic oxidation sites excluding steroid dienone is 10. The first-order valence-corrected chi connectivity index (χ1v) is 23.5. The molecule has 0 fully saturated rings. The summed E-state index contributed by atoms with van der Waals surface area (Å²) < 4.78 is 34.3. The smallest absolute Gasteiger partial charge is 0.462 e. The van der Waals surface area contributed by atoms with Gasteiger partial charge in [0.15, 0.2) is 6.10 Å². The third-order valence-electron chi connectivity index (χ3n) is 9.03. The normalized spacial score (nSPS) is 14.2. The highest BCUT2D eigenvalue weighted by atomic mass is 31.2. The average molecular weight is 809 g/mol. The fourth-order valence-corrected chi connectivity index (χ4v) is 6.33. The van der Waals surface area contributed by atoms with Crippen LogP contribution in [-0.2, 0) is 32.7 Å². The van der Waals surface area contributed by atoms with Gasteiger partial charge in [-0.15, -0.1) is 0 Å². The number of esters is 2. The zero-order valence-electron chi connectivity index (χ0n) is 36.3. The number of phosphoric ester groups is 1. The molecule has 1 unspecified atom stereocenters. The van der Waals surface area contributed by atoms with Crippen LogP contribution in [0, 0.1) is 0 Å². The average Bonchev–Trinajstić information content (AvgIpc) is 3.15. The highest BCUT2D eigenvalue weighted by molar-refractivity contribution is 7.47. The zero-order chi connectivity index (χ0) is 41.4. The number of hydrogen-bond donors (Lipinski definition) is 1. The van der Waals surface area contributed by atoms with E-state index in [1.807, 2.05) is 21.1 Å². The number of quaternary nitrogens is 1. The van der Waals surface area contributed by atoms with Crippen LogP contribution in [0.5, 0.6) is 0 Å². The lowest BCUT2D eigenvalue weighted by Crippen LogP contribution is -2.37. The monoisotopic (exact) mass is 809 g/mol. The van der Waals surface area contributed by atoms with Crippen molar-refractivity contribution < 1.29 is 42.1 Å². The van der Waals surface area contributed by atoms with Crippen molar-refractivity contribution in [3.05, 3.63) is 60.8 Å². The molecule has 0 aromatic heterocycles. The van der Waals surface area contributed by atoms with Gasteiger partial charge in [0.2, 0.25) is 0 Å². The van der Waals surface area contributed by atoms with Crippen molar-refractivity contribution in [3.63, 3.8) is 0 Å². The van der Waals surface area contributed by atoms with Crippen molar-refractivity contribution in [1.29, 1.82) is 0 Å². The van der Waals surface area contributed by atoms with Gasteiger partial charge in [0.1, 0.15) is 19.8 Å². The fourth-order valence-electron chi connectivity index (χ4n) is 5.59. The van der Waals surface area contributed by atoms with E-state index in [4.69, 9.17) is 18.5 Å². The molecule has 0 amide bonds. The SMILES string of the molecule is CC/C=C/C/C=C/C/C=C/CCCCCCCC(=O)O[C@H](COC(=O)CCCCCCCCC/C=C/C/C=C/CCCCC)COP(=O)(O)OCC[N+](C)(C)C. The molecule has 0 heterocycles. The maximum Gasteiger partial charge on any atom is 0.472 e. The summed E-state index contributed by atoms with van der Waals surface area (Å²) in [5, 5.41) is 0.